The first-order chi connectivity index (χ1) is 29.6. The summed E-state index contributed by atoms with van der Waals surface area (Å²) in [6, 6.07) is 0. The molecular formula is C37H68N6O16S2. The van der Waals surface area contributed by atoms with Crippen molar-refractivity contribution >= 4 is 65.4 Å². The fraction of sp³-hybridized carbons (Fsp3) is 0.811. The van der Waals surface area contributed by atoms with E-state index in [4.69, 9.17) is 43.0 Å². The van der Waals surface area contributed by atoms with Gasteiger partial charge in [0.1, 0.15) is 13.2 Å². The molecule has 0 aliphatic heterocycles. The molecule has 0 spiro atoms. The molecule has 22 nitrogen and oxygen atoms in total. The lowest BCUT2D eigenvalue weighted by molar-refractivity contribution is -0.141. The van der Waals surface area contributed by atoms with Crippen LogP contribution < -0.4 is 26.6 Å². The number of ether oxygens (including phenoxy) is 8. The van der Waals surface area contributed by atoms with E-state index in [-0.39, 0.29) is 113 Å². The van der Waals surface area contributed by atoms with E-state index in [0.29, 0.717) is 72.4 Å². The average Bonchev–Trinajstić information content (AvgIpc) is 3.23. The summed E-state index contributed by atoms with van der Waals surface area (Å²) in [6.45, 7) is 8.54. The number of hydrogen-bond donors (Lipinski definition) is 6. The van der Waals surface area contributed by atoms with Gasteiger partial charge in [-0.15, -0.1) is 23.5 Å². The van der Waals surface area contributed by atoms with Gasteiger partial charge in [0, 0.05) is 52.4 Å². The van der Waals surface area contributed by atoms with E-state index >= 15 is 0 Å². The van der Waals surface area contributed by atoms with E-state index in [9.17, 15) is 33.6 Å². The number of aliphatic hydroxyl groups is 1. The molecule has 0 aromatic carbocycles. The minimum absolute atomic E-state index is 0.0353. The number of carbonyl (C=O) groups excluding carboxylic acids is 7. The third-order valence-electron chi connectivity index (χ3n) is 7.06. The van der Waals surface area contributed by atoms with Gasteiger partial charge in [0.2, 0.25) is 17.7 Å². The second-order valence-electron chi connectivity index (χ2n) is 12.4. The van der Waals surface area contributed by atoms with Gasteiger partial charge in [-0.3, -0.25) is 28.9 Å². The maximum absolute atomic E-state index is 12.4. The molecule has 0 bridgehead atoms. The second-order valence-corrected chi connectivity index (χ2v) is 14.4. The van der Waals surface area contributed by atoms with Gasteiger partial charge in [0.25, 0.3) is 0 Å². The van der Waals surface area contributed by atoms with E-state index in [1.165, 1.54) is 0 Å². The molecule has 61 heavy (non-hydrogen) atoms. The van der Waals surface area contributed by atoms with Crippen molar-refractivity contribution in [2.75, 3.05) is 161 Å². The summed E-state index contributed by atoms with van der Waals surface area (Å²) < 4.78 is 41.8. The van der Waals surface area contributed by atoms with Crippen molar-refractivity contribution in [2.45, 2.75) is 33.1 Å². The molecule has 0 heterocycles. The van der Waals surface area contributed by atoms with Gasteiger partial charge in [-0.2, -0.15) is 0 Å². The highest BCUT2D eigenvalue weighted by Crippen LogP contribution is 2.02. The first kappa shape index (κ1) is 57.3. The smallest absolute Gasteiger partial charge is 0.407 e. The quantitative estimate of drug-likeness (QED) is 0.0242. The van der Waals surface area contributed by atoms with Crippen molar-refractivity contribution in [3.63, 3.8) is 0 Å². The Kier molecular flexibility index (Phi) is 40.4. The molecule has 354 valence electrons. The molecule has 5 amide bonds. The molecule has 0 saturated carbocycles. The molecule has 0 unspecified atom stereocenters. The summed E-state index contributed by atoms with van der Waals surface area (Å²) in [6.07, 6.45) is 0.913. The Morgan fingerprint density at radius 1 is 0.459 bits per heavy atom. The molecule has 0 aliphatic rings. The Morgan fingerprint density at radius 3 is 1.25 bits per heavy atom. The molecule has 0 rings (SSSR count). The lowest BCUT2D eigenvalue weighted by Crippen LogP contribution is -2.41. The Labute approximate surface area is 366 Å². The Bertz CT molecular complexity index is 1120. The lowest BCUT2D eigenvalue weighted by atomic mass is 10.4. The fourth-order valence-corrected chi connectivity index (χ4v) is 5.44. The Hall–Kier alpha value is -3.65. The topological polar surface area (TPSA) is 277 Å². The van der Waals surface area contributed by atoms with Gasteiger partial charge >= 0.3 is 24.1 Å². The normalized spacial score (nSPS) is 10.8. The van der Waals surface area contributed by atoms with Crippen LogP contribution in [0.4, 0.5) is 9.59 Å². The van der Waals surface area contributed by atoms with Crippen LogP contribution in [0.5, 0.6) is 0 Å². The van der Waals surface area contributed by atoms with Crippen molar-refractivity contribution in [1.82, 2.24) is 31.5 Å². The second kappa shape index (κ2) is 43.0. The highest BCUT2D eigenvalue weighted by molar-refractivity contribution is 8.00. The zero-order valence-electron chi connectivity index (χ0n) is 35.6. The van der Waals surface area contributed by atoms with Crippen LogP contribution in [0.3, 0.4) is 0 Å². The van der Waals surface area contributed by atoms with Gasteiger partial charge < -0.3 is 69.6 Å². The number of nitrogens with one attached hydrogen (secondary N) is 5. The average molecular weight is 917 g/mol. The summed E-state index contributed by atoms with van der Waals surface area (Å²) in [7, 11) is 0. The van der Waals surface area contributed by atoms with Crippen molar-refractivity contribution in [3.8, 4) is 0 Å². The molecule has 0 saturated heterocycles. The first-order valence-electron chi connectivity index (χ1n) is 20.3. The van der Waals surface area contributed by atoms with Crippen LogP contribution in [-0.4, -0.2) is 213 Å². The largest absolute Gasteiger partial charge is 0.464 e. The number of carbonyl (C=O) groups is 7. The van der Waals surface area contributed by atoms with E-state index in [0.717, 1.165) is 36.4 Å². The summed E-state index contributed by atoms with van der Waals surface area (Å²) in [5.74, 6) is -2.01. The van der Waals surface area contributed by atoms with Crippen LogP contribution in [0.25, 0.3) is 0 Å². The highest BCUT2D eigenvalue weighted by Gasteiger charge is 2.14. The number of hydrogen-bond acceptors (Lipinski definition) is 19. The minimum atomic E-state index is -0.541. The van der Waals surface area contributed by atoms with Crippen molar-refractivity contribution in [2.24, 2.45) is 0 Å². The third kappa shape index (κ3) is 41.5. The summed E-state index contributed by atoms with van der Waals surface area (Å²) in [4.78, 5) is 85.3. The van der Waals surface area contributed by atoms with Gasteiger partial charge in [-0.25, -0.2) is 9.59 Å². The molecule has 0 aromatic heterocycles. The number of rotatable bonds is 41. The predicted molar refractivity (Wildman–Crippen MR) is 226 cm³/mol. The monoisotopic (exact) mass is 916 g/mol. The van der Waals surface area contributed by atoms with Crippen LogP contribution in [-0.2, 0) is 61.9 Å². The van der Waals surface area contributed by atoms with Crippen LogP contribution in [0.15, 0.2) is 0 Å². The summed E-state index contributed by atoms with van der Waals surface area (Å²) in [5.41, 5.74) is 0. The number of alkyl carbamates (subject to hydrolysis) is 2. The Balaban J connectivity index is 4.12. The number of esters is 2. The van der Waals surface area contributed by atoms with Crippen molar-refractivity contribution in [3.05, 3.63) is 0 Å². The third-order valence-corrected chi connectivity index (χ3v) is 8.87. The van der Waals surface area contributed by atoms with Gasteiger partial charge in [0.05, 0.1) is 95.6 Å². The molecule has 0 radical (unpaired) electrons. The standard InChI is InChI=1S/C37H68N6O16S2/c1-3-14-58-36(50)41-9-18-54-24-22-52-16-7-39-32(46)27-60-29-34(48)56-20-11-43(26-31(45)38-6-5-13-44)12-21-57-35(49)30-61-28-33(47)40-8-17-53-23-25-55-19-10-42-37(51)59-15-4-2/h44H,3-30H2,1-2H3,(H,38,45)(H,39,46)(H,40,47)(H,41,50)(H,42,51). The maximum atomic E-state index is 12.4. The van der Waals surface area contributed by atoms with Crippen LogP contribution in [0, 0.1) is 0 Å². The van der Waals surface area contributed by atoms with E-state index in [1.807, 2.05) is 13.8 Å². The maximum Gasteiger partial charge on any atom is 0.407 e. The number of aliphatic hydroxyl groups excluding tert-OH is 1. The highest BCUT2D eigenvalue weighted by atomic mass is 32.2. The lowest BCUT2D eigenvalue weighted by Gasteiger charge is -2.21. The molecule has 0 aromatic rings. The summed E-state index contributed by atoms with van der Waals surface area (Å²) >= 11 is 2.16. The summed E-state index contributed by atoms with van der Waals surface area (Å²) in [5, 5.41) is 22.2. The van der Waals surface area contributed by atoms with Crippen LogP contribution >= 0.6 is 23.5 Å². The van der Waals surface area contributed by atoms with Gasteiger partial charge in [-0.05, 0) is 19.3 Å². The zero-order chi connectivity index (χ0) is 45.0. The predicted octanol–water partition coefficient (Wildman–Crippen LogP) is -1.09. The van der Waals surface area contributed by atoms with Crippen LogP contribution in [0.1, 0.15) is 33.1 Å². The molecule has 0 atom stereocenters. The van der Waals surface area contributed by atoms with Crippen molar-refractivity contribution in [1.29, 1.82) is 0 Å². The number of nitrogens with zero attached hydrogens (tertiary/aromatic N) is 1. The van der Waals surface area contributed by atoms with Crippen LogP contribution in [0.2, 0.25) is 0 Å². The number of thioether (sulfide) groups is 2. The molecule has 24 heteroatoms. The molecule has 0 aliphatic carbocycles. The van der Waals surface area contributed by atoms with Gasteiger partial charge in [-0.1, -0.05) is 13.8 Å². The molecular weight excluding hydrogens is 849 g/mol. The zero-order valence-corrected chi connectivity index (χ0v) is 37.3. The van der Waals surface area contributed by atoms with E-state index < -0.39 is 24.1 Å². The minimum Gasteiger partial charge on any atom is -0.464 e. The SMILES string of the molecule is CCCOC(=O)NCCOCCOCCNC(=O)CSCC(=O)OCCN(CCOC(=O)CSCC(=O)NCCOCCOCCNC(=O)OCCC)CC(=O)NCCCO. The number of amides is 5. The fourth-order valence-electron chi connectivity index (χ4n) is 4.16. The van der Waals surface area contributed by atoms with Gasteiger partial charge in [0.15, 0.2) is 0 Å². The first-order valence-corrected chi connectivity index (χ1v) is 22.6. The Morgan fingerprint density at radius 2 is 0.852 bits per heavy atom. The van der Waals surface area contributed by atoms with E-state index in [2.05, 4.69) is 26.6 Å². The van der Waals surface area contributed by atoms with Crippen molar-refractivity contribution < 1.29 is 76.6 Å². The molecule has 0 fully saturated rings. The van der Waals surface area contributed by atoms with E-state index in [1.54, 1.807) is 4.90 Å². The molecule has 6 N–H and O–H groups in total.